The van der Waals surface area contributed by atoms with E-state index in [9.17, 15) is 22.8 Å². The summed E-state index contributed by atoms with van der Waals surface area (Å²) in [5.74, 6) is -1.47. The molecule has 0 unspecified atom stereocenters. The van der Waals surface area contributed by atoms with Gasteiger partial charge in [-0.1, -0.05) is 36.3 Å². The Hall–Kier alpha value is -4.82. The standard InChI is InChI=1S/C33H35F3N6O5/c1-2-32-41-30(42-47-32)17-39-33(44)46-19-24-18-45-25(14-38-24)11-12-26-28(36)15-37-16-29(26)40-31(43)13-27(20-3-7-22(34)8-4-20)21-5-9-23(35)10-6-21/h3-10,15-16,24-25,27,38H,2,11-14,17-19H2,1H3,(H,39,44)(H,40,43)/t24-,25+/m0/s1. The summed E-state index contributed by atoms with van der Waals surface area (Å²) in [6.07, 6.45) is 2.86. The van der Waals surface area contributed by atoms with Crippen LogP contribution in [-0.4, -0.2) is 59.0 Å². The number of hydrogen-bond donors (Lipinski definition) is 3. The second-order valence-electron chi connectivity index (χ2n) is 11.1. The molecule has 1 saturated heterocycles. The zero-order valence-electron chi connectivity index (χ0n) is 25.7. The van der Waals surface area contributed by atoms with Crippen LogP contribution >= 0.6 is 0 Å². The van der Waals surface area contributed by atoms with Gasteiger partial charge in [0, 0.05) is 30.9 Å². The maximum absolute atomic E-state index is 14.9. The van der Waals surface area contributed by atoms with E-state index >= 15 is 0 Å². The number of morpholine rings is 1. The van der Waals surface area contributed by atoms with E-state index in [0.29, 0.717) is 42.2 Å². The molecule has 0 saturated carbocycles. The Balaban J connectivity index is 1.11. The van der Waals surface area contributed by atoms with Gasteiger partial charge in [0.1, 0.15) is 24.1 Å². The average molecular weight is 653 g/mol. The Bertz CT molecular complexity index is 1580. The quantitative estimate of drug-likeness (QED) is 0.185. The molecule has 1 fully saturated rings. The molecule has 14 heteroatoms. The Morgan fingerprint density at radius 2 is 1.74 bits per heavy atom. The van der Waals surface area contributed by atoms with Crippen LogP contribution in [0.25, 0.3) is 0 Å². The highest BCUT2D eigenvalue weighted by molar-refractivity contribution is 5.92. The van der Waals surface area contributed by atoms with E-state index in [0.717, 1.165) is 6.20 Å². The molecular formula is C33H35F3N6O5. The Kier molecular flexibility index (Phi) is 11.5. The molecule has 4 aromatic rings. The summed E-state index contributed by atoms with van der Waals surface area (Å²) in [7, 11) is 0. The molecule has 0 spiro atoms. The smallest absolute Gasteiger partial charge is 0.407 e. The number of amides is 2. The predicted octanol–water partition coefficient (Wildman–Crippen LogP) is 4.82. The zero-order valence-corrected chi connectivity index (χ0v) is 25.7. The van der Waals surface area contributed by atoms with Gasteiger partial charge in [-0.05, 0) is 48.2 Å². The molecule has 47 heavy (non-hydrogen) atoms. The molecule has 1 aliphatic rings. The van der Waals surface area contributed by atoms with Gasteiger partial charge >= 0.3 is 6.09 Å². The van der Waals surface area contributed by atoms with Crippen molar-refractivity contribution in [1.82, 2.24) is 25.8 Å². The predicted molar refractivity (Wildman–Crippen MR) is 164 cm³/mol. The fourth-order valence-electron chi connectivity index (χ4n) is 5.18. The molecule has 0 radical (unpaired) electrons. The van der Waals surface area contributed by atoms with Gasteiger partial charge in [0.25, 0.3) is 0 Å². The number of rotatable bonds is 13. The van der Waals surface area contributed by atoms with Crippen molar-refractivity contribution < 1.29 is 36.8 Å². The first-order valence-corrected chi connectivity index (χ1v) is 15.3. The highest BCUT2D eigenvalue weighted by Crippen LogP contribution is 2.30. The van der Waals surface area contributed by atoms with Gasteiger partial charge in [-0.2, -0.15) is 4.98 Å². The van der Waals surface area contributed by atoms with Gasteiger partial charge in [-0.3, -0.25) is 9.78 Å². The van der Waals surface area contributed by atoms with Crippen molar-refractivity contribution in [2.24, 2.45) is 0 Å². The number of benzene rings is 2. The lowest BCUT2D eigenvalue weighted by molar-refractivity contribution is -0.116. The Morgan fingerprint density at radius 3 is 2.36 bits per heavy atom. The topological polar surface area (TPSA) is 140 Å². The van der Waals surface area contributed by atoms with Crippen LogP contribution in [0, 0.1) is 17.5 Å². The molecule has 5 rings (SSSR count). The number of nitrogens with one attached hydrogen (secondary N) is 3. The molecule has 1 aliphatic heterocycles. The number of nitrogens with zero attached hydrogens (tertiary/aromatic N) is 3. The number of carbonyl (C=O) groups is 2. The minimum absolute atomic E-state index is 0.0543. The molecule has 3 N–H and O–H groups in total. The van der Waals surface area contributed by atoms with Crippen molar-refractivity contribution >= 4 is 17.7 Å². The highest BCUT2D eigenvalue weighted by atomic mass is 19.1. The minimum atomic E-state index is -0.624. The largest absolute Gasteiger partial charge is 0.448 e. The first-order chi connectivity index (χ1) is 22.8. The lowest BCUT2D eigenvalue weighted by Gasteiger charge is -2.30. The van der Waals surface area contributed by atoms with Crippen LogP contribution < -0.4 is 16.0 Å². The van der Waals surface area contributed by atoms with E-state index in [1.165, 1.54) is 30.5 Å². The summed E-state index contributed by atoms with van der Waals surface area (Å²) in [4.78, 5) is 33.3. The molecule has 11 nitrogen and oxygen atoms in total. The van der Waals surface area contributed by atoms with Gasteiger partial charge in [0.05, 0.1) is 43.4 Å². The van der Waals surface area contributed by atoms with Crippen LogP contribution in [0.2, 0.25) is 0 Å². The average Bonchev–Trinajstić information content (AvgIpc) is 3.55. The van der Waals surface area contributed by atoms with E-state index in [2.05, 4.69) is 31.1 Å². The zero-order chi connectivity index (χ0) is 33.2. The van der Waals surface area contributed by atoms with E-state index in [1.54, 1.807) is 24.3 Å². The molecule has 2 aromatic heterocycles. The van der Waals surface area contributed by atoms with E-state index < -0.39 is 35.4 Å². The SMILES string of the molecule is CCc1nc(CNC(=O)OC[C@@H]2CO[C@H](CCc3c(F)cncc3NC(=O)CC(c3ccc(F)cc3)c3ccc(F)cc3)CN2)no1. The molecule has 3 heterocycles. The summed E-state index contributed by atoms with van der Waals surface area (Å²) in [6.45, 7) is 2.77. The van der Waals surface area contributed by atoms with Gasteiger partial charge in [-0.15, -0.1) is 0 Å². The van der Waals surface area contributed by atoms with E-state index in [1.807, 2.05) is 6.92 Å². The van der Waals surface area contributed by atoms with Crippen molar-refractivity contribution in [3.63, 3.8) is 0 Å². The number of ether oxygens (including phenoxy) is 2. The molecule has 248 valence electrons. The second kappa shape index (κ2) is 16.1. The number of pyridine rings is 1. The second-order valence-corrected chi connectivity index (χ2v) is 11.1. The number of carbonyl (C=O) groups excluding carboxylic acids is 2. The molecule has 0 aliphatic carbocycles. The fraction of sp³-hybridized carbons (Fsp3) is 0.364. The summed E-state index contributed by atoms with van der Waals surface area (Å²) in [6, 6.07) is 11.3. The van der Waals surface area contributed by atoms with E-state index in [4.69, 9.17) is 14.0 Å². The van der Waals surface area contributed by atoms with Crippen molar-refractivity contribution in [3.05, 3.63) is 107 Å². The normalized spacial score (nSPS) is 16.2. The number of hydrogen-bond acceptors (Lipinski definition) is 9. The number of aromatic nitrogens is 3. The molecular weight excluding hydrogens is 617 g/mol. The van der Waals surface area contributed by atoms with Crippen molar-refractivity contribution in [1.29, 1.82) is 0 Å². The fourth-order valence-corrected chi connectivity index (χ4v) is 5.18. The lowest BCUT2D eigenvalue weighted by atomic mass is 9.88. The van der Waals surface area contributed by atoms with Crippen LogP contribution in [0.3, 0.4) is 0 Å². The van der Waals surface area contributed by atoms with Crippen molar-refractivity contribution in [2.75, 3.05) is 25.1 Å². The van der Waals surface area contributed by atoms with Gasteiger partial charge in [0.15, 0.2) is 5.82 Å². The monoisotopic (exact) mass is 652 g/mol. The molecule has 2 amide bonds. The van der Waals surface area contributed by atoms with Crippen LogP contribution in [-0.2, 0) is 33.7 Å². The number of alkyl carbamates (subject to hydrolysis) is 1. The molecule has 0 bridgehead atoms. The number of aryl methyl sites for hydroxylation is 1. The third kappa shape index (κ3) is 9.59. The van der Waals surface area contributed by atoms with Crippen molar-refractivity contribution in [3.8, 4) is 0 Å². The molecule has 2 atom stereocenters. The molecule has 2 aromatic carbocycles. The van der Waals surface area contributed by atoms with Crippen LogP contribution in [0.1, 0.15) is 54.1 Å². The van der Waals surface area contributed by atoms with Gasteiger partial charge in [-0.25, -0.2) is 18.0 Å². The number of halogens is 3. The minimum Gasteiger partial charge on any atom is -0.448 e. The van der Waals surface area contributed by atoms with E-state index in [-0.39, 0.29) is 56.0 Å². The Labute approximate surface area is 269 Å². The summed E-state index contributed by atoms with van der Waals surface area (Å²) >= 11 is 0. The maximum Gasteiger partial charge on any atom is 0.407 e. The Morgan fingerprint density at radius 1 is 1.04 bits per heavy atom. The van der Waals surface area contributed by atoms with Gasteiger partial charge in [0.2, 0.25) is 11.8 Å². The van der Waals surface area contributed by atoms with Crippen LogP contribution in [0.4, 0.5) is 23.7 Å². The van der Waals surface area contributed by atoms with Crippen molar-refractivity contribution in [2.45, 2.75) is 57.2 Å². The third-order valence-electron chi connectivity index (χ3n) is 7.72. The maximum atomic E-state index is 14.9. The highest BCUT2D eigenvalue weighted by Gasteiger charge is 2.24. The summed E-state index contributed by atoms with van der Waals surface area (Å²) < 4.78 is 58.3. The summed E-state index contributed by atoms with van der Waals surface area (Å²) in [5, 5.41) is 12.4. The first-order valence-electron chi connectivity index (χ1n) is 15.3. The first kappa shape index (κ1) is 33.5. The van der Waals surface area contributed by atoms with Gasteiger partial charge < -0.3 is 29.9 Å². The number of anilines is 1. The summed E-state index contributed by atoms with van der Waals surface area (Å²) in [5.41, 5.74) is 1.87. The van der Waals surface area contributed by atoms with Crippen LogP contribution in [0.15, 0.2) is 65.4 Å². The lowest BCUT2D eigenvalue weighted by Crippen LogP contribution is -2.49. The van der Waals surface area contributed by atoms with Crippen LogP contribution in [0.5, 0.6) is 0 Å². The third-order valence-corrected chi connectivity index (χ3v) is 7.72.